The minimum absolute atomic E-state index is 0.0294. The SMILES string of the molecule is CCOc1ccc2cc(S(=O)(=O)NC3CCC(C(=O)NC(COC(=O)C(N)C(C)C)c4ccccc4)CC3)ccc2n1. The number of carbonyl (C=O) groups is 2. The predicted octanol–water partition coefficient (Wildman–Crippen LogP) is 3.85. The molecular formula is C31H40N4O6S. The molecule has 2 atom stereocenters. The molecule has 1 aromatic heterocycles. The molecule has 0 bridgehead atoms. The second-order valence-corrected chi connectivity index (χ2v) is 12.7. The molecule has 10 nitrogen and oxygen atoms in total. The number of nitrogens with one attached hydrogen (secondary N) is 2. The molecule has 3 aromatic rings. The molecule has 1 aliphatic rings. The molecule has 0 radical (unpaired) electrons. The molecule has 11 heteroatoms. The number of amides is 1. The number of sulfonamides is 1. The van der Waals surface area contributed by atoms with Gasteiger partial charge in [0, 0.05) is 23.4 Å². The third-order valence-electron chi connectivity index (χ3n) is 7.56. The van der Waals surface area contributed by atoms with Gasteiger partial charge in [-0.1, -0.05) is 44.2 Å². The lowest BCUT2D eigenvalue weighted by atomic mass is 9.85. The van der Waals surface area contributed by atoms with Gasteiger partial charge in [0.05, 0.1) is 23.1 Å². The third kappa shape index (κ3) is 8.05. The topological polar surface area (TPSA) is 150 Å². The first-order chi connectivity index (χ1) is 20.1. The summed E-state index contributed by atoms with van der Waals surface area (Å²) in [6.07, 6.45) is 2.11. The first-order valence-corrected chi connectivity index (χ1v) is 15.9. The Balaban J connectivity index is 1.34. The normalized spacial score (nSPS) is 18.8. The highest BCUT2D eigenvalue weighted by Crippen LogP contribution is 2.28. The average molecular weight is 597 g/mol. The van der Waals surface area contributed by atoms with Gasteiger partial charge in [-0.3, -0.25) is 9.59 Å². The van der Waals surface area contributed by atoms with Crippen LogP contribution in [0.1, 0.15) is 58.1 Å². The van der Waals surface area contributed by atoms with Crippen LogP contribution in [0.25, 0.3) is 10.9 Å². The van der Waals surface area contributed by atoms with Gasteiger partial charge in [-0.25, -0.2) is 18.1 Å². The van der Waals surface area contributed by atoms with E-state index in [0.29, 0.717) is 49.1 Å². The number of hydrogen-bond donors (Lipinski definition) is 3. The summed E-state index contributed by atoms with van der Waals surface area (Å²) in [5.41, 5.74) is 7.39. The highest BCUT2D eigenvalue weighted by atomic mass is 32.2. The second-order valence-electron chi connectivity index (χ2n) is 11.0. The first-order valence-electron chi connectivity index (χ1n) is 14.4. The second kappa shape index (κ2) is 14.1. The Morgan fingerprint density at radius 1 is 1.02 bits per heavy atom. The monoisotopic (exact) mass is 596 g/mol. The van der Waals surface area contributed by atoms with E-state index in [-0.39, 0.29) is 35.3 Å². The van der Waals surface area contributed by atoms with Crippen LogP contribution in [0.4, 0.5) is 0 Å². The Morgan fingerprint density at radius 3 is 2.40 bits per heavy atom. The van der Waals surface area contributed by atoms with E-state index in [9.17, 15) is 18.0 Å². The molecule has 4 rings (SSSR count). The molecular weight excluding hydrogens is 556 g/mol. The Hall–Kier alpha value is -3.54. The molecule has 226 valence electrons. The summed E-state index contributed by atoms with van der Waals surface area (Å²) in [4.78, 5) is 30.1. The maximum absolute atomic E-state index is 13.2. The van der Waals surface area contributed by atoms with Crippen molar-refractivity contribution in [2.24, 2.45) is 17.6 Å². The van der Waals surface area contributed by atoms with Crippen LogP contribution in [-0.4, -0.2) is 50.6 Å². The number of hydrogen-bond acceptors (Lipinski definition) is 8. The molecule has 42 heavy (non-hydrogen) atoms. The van der Waals surface area contributed by atoms with Crippen LogP contribution in [0.3, 0.4) is 0 Å². The molecule has 1 aliphatic carbocycles. The van der Waals surface area contributed by atoms with Crippen LogP contribution in [0.15, 0.2) is 65.6 Å². The summed E-state index contributed by atoms with van der Waals surface area (Å²) >= 11 is 0. The minimum atomic E-state index is -3.76. The lowest BCUT2D eigenvalue weighted by molar-refractivity contribution is -0.147. The van der Waals surface area contributed by atoms with E-state index in [1.807, 2.05) is 51.1 Å². The van der Waals surface area contributed by atoms with E-state index >= 15 is 0 Å². The van der Waals surface area contributed by atoms with Crippen LogP contribution in [-0.2, 0) is 24.3 Å². The van der Waals surface area contributed by atoms with Crippen molar-refractivity contribution >= 4 is 32.8 Å². The van der Waals surface area contributed by atoms with E-state index in [1.54, 1.807) is 24.3 Å². The molecule has 0 aliphatic heterocycles. The van der Waals surface area contributed by atoms with Gasteiger partial charge in [-0.2, -0.15) is 0 Å². The standard InChI is InChI=1S/C31H40N4O6S/c1-4-40-28-17-12-23-18-25(15-16-26(23)33-28)42(38,39)35-24-13-10-22(11-14-24)30(36)34-27(21-8-6-5-7-9-21)19-41-31(37)29(32)20(2)3/h5-9,12,15-18,20,22,24,27,29,35H,4,10-11,13-14,19,32H2,1-3H3,(H,34,36). The summed E-state index contributed by atoms with van der Waals surface area (Å²) in [5.74, 6) is -0.515. The largest absolute Gasteiger partial charge is 0.478 e. The number of ether oxygens (including phenoxy) is 2. The van der Waals surface area contributed by atoms with Gasteiger partial charge < -0.3 is 20.5 Å². The summed E-state index contributed by atoms with van der Waals surface area (Å²) in [7, 11) is -3.76. The van der Waals surface area contributed by atoms with Gasteiger partial charge in [0.2, 0.25) is 21.8 Å². The van der Waals surface area contributed by atoms with E-state index in [2.05, 4.69) is 15.0 Å². The summed E-state index contributed by atoms with van der Waals surface area (Å²) in [6, 6.07) is 16.1. The van der Waals surface area contributed by atoms with E-state index in [0.717, 1.165) is 5.56 Å². The maximum Gasteiger partial charge on any atom is 0.323 e. The number of nitrogens with two attached hydrogens (primary N) is 1. The van der Waals surface area contributed by atoms with Crippen molar-refractivity contribution in [3.8, 4) is 5.88 Å². The quantitative estimate of drug-likeness (QED) is 0.267. The molecule has 2 aromatic carbocycles. The van der Waals surface area contributed by atoms with Crippen molar-refractivity contribution in [3.63, 3.8) is 0 Å². The van der Waals surface area contributed by atoms with Crippen molar-refractivity contribution < 1.29 is 27.5 Å². The number of nitrogens with zero attached hydrogens (tertiary/aromatic N) is 1. The lowest BCUT2D eigenvalue weighted by Crippen LogP contribution is -2.43. The van der Waals surface area contributed by atoms with Crippen LogP contribution in [0.5, 0.6) is 5.88 Å². The number of carbonyl (C=O) groups excluding carboxylic acids is 2. The van der Waals surface area contributed by atoms with Crippen LogP contribution in [0.2, 0.25) is 0 Å². The number of pyridine rings is 1. The zero-order valence-electron chi connectivity index (χ0n) is 24.3. The van der Waals surface area contributed by atoms with Crippen molar-refractivity contribution in [3.05, 3.63) is 66.2 Å². The molecule has 4 N–H and O–H groups in total. The van der Waals surface area contributed by atoms with Crippen molar-refractivity contribution in [2.45, 2.75) is 69.5 Å². The lowest BCUT2D eigenvalue weighted by Gasteiger charge is -2.30. The fourth-order valence-corrected chi connectivity index (χ4v) is 6.31. The van der Waals surface area contributed by atoms with Gasteiger partial charge >= 0.3 is 5.97 Å². The molecule has 1 fully saturated rings. The zero-order chi connectivity index (χ0) is 30.3. The highest BCUT2D eigenvalue weighted by Gasteiger charge is 2.31. The fourth-order valence-electron chi connectivity index (χ4n) is 4.97. The van der Waals surface area contributed by atoms with Gasteiger partial charge in [0.1, 0.15) is 12.6 Å². The number of fused-ring (bicyclic) bond motifs is 1. The van der Waals surface area contributed by atoms with Crippen molar-refractivity contribution in [1.29, 1.82) is 0 Å². The highest BCUT2D eigenvalue weighted by molar-refractivity contribution is 7.89. The number of benzene rings is 2. The fraction of sp³-hybridized carbons (Fsp3) is 0.452. The number of rotatable bonds is 12. The predicted molar refractivity (Wildman–Crippen MR) is 160 cm³/mol. The molecule has 1 amide bonds. The average Bonchev–Trinajstić information content (AvgIpc) is 2.99. The maximum atomic E-state index is 13.2. The summed E-state index contributed by atoms with van der Waals surface area (Å²) < 4.78 is 40.0. The summed E-state index contributed by atoms with van der Waals surface area (Å²) in [5, 5.41) is 3.73. The van der Waals surface area contributed by atoms with Gasteiger partial charge in [-0.15, -0.1) is 0 Å². The number of esters is 1. The van der Waals surface area contributed by atoms with Gasteiger partial charge in [0.15, 0.2) is 0 Å². The molecule has 1 heterocycles. The molecule has 0 saturated heterocycles. The Morgan fingerprint density at radius 2 is 1.74 bits per heavy atom. The van der Waals surface area contributed by atoms with Crippen molar-refractivity contribution in [2.75, 3.05) is 13.2 Å². The van der Waals surface area contributed by atoms with E-state index in [4.69, 9.17) is 15.2 Å². The molecule has 1 saturated carbocycles. The van der Waals surface area contributed by atoms with Crippen molar-refractivity contribution in [1.82, 2.24) is 15.0 Å². The molecule has 0 spiro atoms. The Kier molecular flexibility index (Phi) is 10.5. The van der Waals surface area contributed by atoms with Crippen LogP contribution < -0.4 is 20.5 Å². The van der Waals surface area contributed by atoms with E-state index < -0.39 is 28.1 Å². The van der Waals surface area contributed by atoms with Gasteiger partial charge in [-0.05, 0) is 68.4 Å². The van der Waals surface area contributed by atoms with Crippen LogP contribution in [0, 0.1) is 11.8 Å². The third-order valence-corrected chi connectivity index (χ3v) is 9.08. The van der Waals surface area contributed by atoms with E-state index in [1.165, 1.54) is 6.07 Å². The molecule has 2 unspecified atom stereocenters. The Bertz CT molecular complexity index is 1470. The first kappa shape index (κ1) is 31.4. The number of aromatic nitrogens is 1. The van der Waals surface area contributed by atoms with Crippen LogP contribution >= 0.6 is 0 Å². The smallest absolute Gasteiger partial charge is 0.323 e. The van der Waals surface area contributed by atoms with Gasteiger partial charge in [0.25, 0.3) is 0 Å². The zero-order valence-corrected chi connectivity index (χ0v) is 25.1. The summed E-state index contributed by atoms with van der Waals surface area (Å²) in [6.45, 7) is 6.03. The Labute approximate surface area is 247 Å². The minimum Gasteiger partial charge on any atom is -0.478 e.